The van der Waals surface area contributed by atoms with Crippen LogP contribution in [0.5, 0.6) is 0 Å². The van der Waals surface area contributed by atoms with Gasteiger partial charge in [0, 0.05) is 17.1 Å². The molecule has 0 saturated carbocycles. The molecule has 2 aromatic rings. The molecular formula is C22H18ClN3O3. The topological polar surface area (TPSA) is 70.1 Å². The fourth-order valence-electron chi connectivity index (χ4n) is 4.83. The smallest absolute Gasteiger partial charge is 0.235 e. The molecule has 7 heteroatoms. The van der Waals surface area contributed by atoms with E-state index >= 15 is 0 Å². The molecule has 3 heterocycles. The second-order valence-corrected chi connectivity index (χ2v) is 7.92. The molecule has 0 N–H and O–H groups in total. The molecule has 6 nitrogen and oxygen atoms in total. The van der Waals surface area contributed by atoms with Crippen LogP contribution in [0.3, 0.4) is 0 Å². The molecule has 3 aliphatic heterocycles. The van der Waals surface area contributed by atoms with Crippen molar-refractivity contribution in [2.75, 3.05) is 6.54 Å². The van der Waals surface area contributed by atoms with Crippen molar-refractivity contribution in [3.8, 4) is 0 Å². The summed E-state index contributed by atoms with van der Waals surface area (Å²) in [4.78, 5) is 41.0. The standard InChI is InChI=1S/C22H18ClN3O3/c1-2-25-21(28)16-17(22(25)29)19(20(27)12-7-9-14(23)10-8-12)26-18(16)15-6-4-3-5-13(15)11-24-26/h3-11,16-19H,2H2,1H3/t16-,17-,18+,19+/m1/s1. The Hall–Kier alpha value is -2.99. The first-order valence-electron chi connectivity index (χ1n) is 9.59. The van der Waals surface area contributed by atoms with E-state index in [2.05, 4.69) is 5.10 Å². The molecule has 0 radical (unpaired) electrons. The predicted molar refractivity (Wildman–Crippen MR) is 108 cm³/mol. The Balaban J connectivity index is 1.65. The van der Waals surface area contributed by atoms with E-state index in [0.29, 0.717) is 17.1 Å². The monoisotopic (exact) mass is 407 g/mol. The Morgan fingerprint density at radius 1 is 1.03 bits per heavy atom. The van der Waals surface area contributed by atoms with Gasteiger partial charge in [-0.05, 0) is 42.3 Å². The summed E-state index contributed by atoms with van der Waals surface area (Å²) in [6.07, 6.45) is 1.70. The highest BCUT2D eigenvalue weighted by Crippen LogP contribution is 2.52. The van der Waals surface area contributed by atoms with Gasteiger partial charge >= 0.3 is 0 Å². The van der Waals surface area contributed by atoms with Gasteiger partial charge in [0.15, 0.2) is 5.78 Å². The zero-order valence-corrected chi connectivity index (χ0v) is 16.4. The van der Waals surface area contributed by atoms with Crippen LogP contribution in [0.1, 0.15) is 34.5 Å². The summed E-state index contributed by atoms with van der Waals surface area (Å²) >= 11 is 5.96. The maximum absolute atomic E-state index is 13.5. The molecule has 0 aromatic heterocycles. The summed E-state index contributed by atoms with van der Waals surface area (Å²) in [6, 6.07) is 13.0. The van der Waals surface area contributed by atoms with Crippen LogP contribution in [-0.2, 0) is 9.59 Å². The van der Waals surface area contributed by atoms with Crippen molar-refractivity contribution in [3.63, 3.8) is 0 Å². The van der Waals surface area contributed by atoms with Gasteiger partial charge in [-0.25, -0.2) is 0 Å². The molecule has 0 unspecified atom stereocenters. The Bertz CT molecular complexity index is 1070. The fourth-order valence-corrected chi connectivity index (χ4v) is 4.95. The molecule has 4 atom stereocenters. The number of rotatable bonds is 3. The minimum Gasteiger partial charge on any atom is -0.292 e. The van der Waals surface area contributed by atoms with E-state index in [9.17, 15) is 14.4 Å². The maximum Gasteiger partial charge on any atom is 0.235 e. The number of ketones is 1. The number of hydrogen-bond donors (Lipinski definition) is 0. The lowest BCUT2D eigenvalue weighted by molar-refractivity contribution is -0.141. The van der Waals surface area contributed by atoms with Crippen LogP contribution >= 0.6 is 11.6 Å². The van der Waals surface area contributed by atoms with Crippen LogP contribution in [0.25, 0.3) is 0 Å². The molecule has 146 valence electrons. The highest BCUT2D eigenvalue weighted by Gasteiger charge is 2.64. The Labute approximate surface area is 172 Å². The van der Waals surface area contributed by atoms with Crippen molar-refractivity contribution in [2.45, 2.75) is 19.0 Å². The van der Waals surface area contributed by atoms with E-state index in [1.165, 1.54) is 4.90 Å². The third-order valence-corrected chi connectivity index (χ3v) is 6.35. The highest BCUT2D eigenvalue weighted by atomic mass is 35.5. The molecule has 0 bridgehead atoms. The number of hydrazone groups is 1. The summed E-state index contributed by atoms with van der Waals surface area (Å²) in [5.41, 5.74) is 2.27. The number of hydrogen-bond acceptors (Lipinski definition) is 5. The fraction of sp³-hybridized carbons (Fsp3) is 0.273. The molecular weight excluding hydrogens is 390 g/mol. The van der Waals surface area contributed by atoms with Gasteiger partial charge in [0.05, 0.1) is 24.1 Å². The average Bonchev–Trinajstić information content (AvgIpc) is 3.21. The van der Waals surface area contributed by atoms with E-state index in [1.807, 2.05) is 24.3 Å². The van der Waals surface area contributed by atoms with Crippen molar-refractivity contribution in [3.05, 3.63) is 70.2 Å². The number of Topliss-reactive ketones (excluding diaryl/α,β-unsaturated/α-hetero) is 1. The minimum atomic E-state index is -0.830. The quantitative estimate of drug-likeness (QED) is 0.579. The van der Waals surface area contributed by atoms with Crippen molar-refractivity contribution in [1.29, 1.82) is 0 Å². The number of imide groups is 1. The molecule has 2 saturated heterocycles. The highest BCUT2D eigenvalue weighted by molar-refractivity contribution is 6.30. The number of benzene rings is 2. The van der Waals surface area contributed by atoms with Gasteiger partial charge in [-0.3, -0.25) is 24.3 Å². The number of halogens is 1. The SMILES string of the molecule is CCN1C(=O)[C@@H]2[C@@H](C1=O)[C@@H]1c3ccccc3C=NN1[C@@H]2C(=O)c1ccc(Cl)cc1. The normalized spacial score (nSPS) is 27.1. The van der Waals surface area contributed by atoms with Gasteiger partial charge < -0.3 is 0 Å². The van der Waals surface area contributed by atoms with Crippen LogP contribution in [-0.4, -0.2) is 46.3 Å². The van der Waals surface area contributed by atoms with Crippen LogP contribution in [0, 0.1) is 11.8 Å². The first kappa shape index (κ1) is 18.1. The van der Waals surface area contributed by atoms with Gasteiger partial charge in [-0.1, -0.05) is 35.9 Å². The number of nitrogens with zero attached hydrogens (tertiary/aromatic N) is 3. The van der Waals surface area contributed by atoms with E-state index in [1.54, 1.807) is 42.4 Å². The van der Waals surface area contributed by atoms with Crippen LogP contribution in [0.2, 0.25) is 5.02 Å². The minimum absolute atomic E-state index is 0.226. The third kappa shape index (κ3) is 2.48. The Morgan fingerprint density at radius 3 is 2.45 bits per heavy atom. The van der Waals surface area contributed by atoms with Gasteiger partial charge in [0.1, 0.15) is 6.04 Å². The van der Waals surface area contributed by atoms with Gasteiger partial charge in [0.2, 0.25) is 11.8 Å². The Morgan fingerprint density at radius 2 is 1.72 bits per heavy atom. The molecule has 2 amide bonds. The van der Waals surface area contributed by atoms with Crippen molar-refractivity contribution in [2.24, 2.45) is 16.9 Å². The third-order valence-electron chi connectivity index (χ3n) is 6.10. The molecule has 0 aliphatic carbocycles. The second kappa shape index (κ2) is 6.52. The molecule has 29 heavy (non-hydrogen) atoms. The molecule has 2 aromatic carbocycles. The van der Waals surface area contributed by atoms with Crippen molar-refractivity contribution in [1.82, 2.24) is 9.91 Å². The second-order valence-electron chi connectivity index (χ2n) is 7.49. The number of likely N-dealkylation sites (tertiary alicyclic amines) is 1. The van der Waals surface area contributed by atoms with Gasteiger partial charge in [0.25, 0.3) is 0 Å². The zero-order valence-electron chi connectivity index (χ0n) is 15.7. The van der Waals surface area contributed by atoms with E-state index in [4.69, 9.17) is 11.6 Å². The number of fused-ring (bicyclic) bond motifs is 5. The van der Waals surface area contributed by atoms with E-state index in [-0.39, 0.29) is 17.6 Å². The number of carbonyl (C=O) groups is 3. The van der Waals surface area contributed by atoms with Crippen LogP contribution in [0.4, 0.5) is 0 Å². The van der Waals surface area contributed by atoms with Crippen LogP contribution < -0.4 is 0 Å². The van der Waals surface area contributed by atoms with Crippen molar-refractivity contribution >= 4 is 35.4 Å². The summed E-state index contributed by atoms with van der Waals surface area (Å²) in [5, 5.41) is 6.71. The molecule has 0 spiro atoms. The zero-order chi connectivity index (χ0) is 20.3. The lowest BCUT2D eigenvalue weighted by Crippen LogP contribution is -2.44. The van der Waals surface area contributed by atoms with Gasteiger partial charge in [-0.15, -0.1) is 0 Å². The first-order valence-corrected chi connectivity index (χ1v) is 9.97. The molecule has 2 fully saturated rings. The van der Waals surface area contributed by atoms with E-state index in [0.717, 1.165) is 11.1 Å². The Kier molecular flexibility index (Phi) is 4.06. The summed E-state index contributed by atoms with van der Waals surface area (Å²) in [6.45, 7) is 2.07. The maximum atomic E-state index is 13.5. The number of carbonyl (C=O) groups excluding carboxylic acids is 3. The van der Waals surface area contributed by atoms with Crippen LogP contribution in [0.15, 0.2) is 53.6 Å². The lowest BCUT2D eigenvalue weighted by atomic mass is 9.83. The summed E-state index contributed by atoms with van der Waals surface area (Å²) in [7, 11) is 0. The molecule has 3 aliphatic rings. The van der Waals surface area contributed by atoms with Crippen molar-refractivity contribution < 1.29 is 14.4 Å². The average molecular weight is 408 g/mol. The summed E-state index contributed by atoms with van der Waals surface area (Å²) in [5.74, 6) is -2.12. The lowest BCUT2D eigenvalue weighted by Gasteiger charge is -2.33. The van der Waals surface area contributed by atoms with Gasteiger partial charge in [-0.2, -0.15) is 5.10 Å². The first-order chi connectivity index (χ1) is 14.0. The largest absolute Gasteiger partial charge is 0.292 e. The molecule has 5 rings (SSSR count). The predicted octanol–water partition coefficient (Wildman–Crippen LogP) is 2.92. The summed E-state index contributed by atoms with van der Waals surface area (Å²) < 4.78 is 0. The number of amides is 2. The van der Waals surface area contributed by atoms with E-state index < -0.39 is 23.9 Å².